The van der Waals surface area contributed by atoms with Gasteiger partial charge in [-0.2, -0.15) is 5.10 Å². The fourth-order valence-electron chi connectivity index (χ4n) is 2.72. The summed E-state index contributed by atoms with van der Waals surface area (Å²) in [6.07, 6.45) is 3.72. The van der Waals surface area contributed by atoms with E-state index in [1.807, 2.05) is 36.0 Å². The lowest BCUT2D eigenvalue weighted by atomic mass is 10.1. The summed E-state index contributed by atoms with van der Waals surface area (Å²) in [5, 5.41) is 7.42. The van der Waals surface area contributed by atoms with Gasteiger partial charge in [0.05, 0.1) is 19.3 Å². The van der Waals surface area contributed by atoms with Crippen LogP contribution in [0.15, 0.2) is 30.3 Å². The van der Waals surface area contributed by atoms with Crippen LogP contribution in [-0.4, -0.2) is 22.8 Å². The van der Waals surface area contributed by atoms with Crippen molar-refractivity contribution in [2.24, 2.45) is 7.05 Å². The van der Waals surface area contributed by atoms with Gasteiger partial charge in [-0.3, -0.25) is 9.48 Å². The van der Waals surface area contributed by atoms with E-state index in [4.69, 9.17) is 4.74 Å². The Morgan fingerprint density at radius 3 is 2.74 bits per heavy atom. The molecule has 1 aliphatic carbocycles. The van der Waals surface area contributed by atoms with Gasteiger partial charge in [0.1, 0.15) is 5.75 Å². The average Bonchev–Trinajstić information content (AvgIpc) is 3.34. The predicted octanol–water partition coefficient (Wildman–Crippen LogP) is 2.56. The lowest BCUT2D eigenvalue weighted by Crippen LogP contribution is -2.23. The number of hydrogen-bond acceptors (Lipinski definition) is 3. The minimum absolute atomic E-state index is 0.0550. The maximum Gasteiger partial charge on any atom is 0.220 e. The highest BCUT2D eigenvalue weighted by Gasteiger charge is 2.27. The average molecular weight is 313 g/mol. The number of carbonyl (C=O) groups excluding carboxylic acids is 1. The van der Waals surface area contributed by atoms with Gasteiger partial charge in [-0.25, -0.2) is 0 Å². The molecule has 5 heteroatoms. The van der Waals surface area contributed by atoms with Crippen molar-refractivity contribution >= 4 is 5.91 Å². The molecule has 1 saturated carbocycles. The Labute approximate surface area is 136 Å². The number of aryl methyl sites for hydroxylation is 2. The van der Waals surface area contributed by atoms with Crippen molar-refractivity contribution in [1.29, 1.82) is 0 Å². The second-order valence-corrected chi connectivity index (χ2v) is 6.08. The Morgan fingerprint density at radius 1 is 1.35 bits per heavy atom. The molecule has 1 amide bonds. The number of ether oxygens (including phenoxy) is 1. The van der Waals surface area contributed by atoms with Crippen LogP contribution >= 0.6 is 0 Å². The first-order chi connectivity index (χ1) is 11.2. The number of carbonyl (C=O) groups is 1. The van der Waals surface area contributed by atoms with Crippen molar-refractivity contribution in [2.45, 2.75) is 38.1 Å². The molecule has 0 aliphatic heterocycles. The van der Waals surface area contributed by atoms with E-state index in [1.165, 1.54) is 18.5 Å². The molecule has 23 heavy (non-hydrogen) atoms. The van der Waals surface area contributed by atoms with Gasteiger partial charge in [-0.15, -0.1) is 0 Å². The zero-order valence-electron chi connectivity index (χ0n) is 13.7. The first-order valence-corrected chi connectivity index (χ1v) is 8.08. The van der Waals surface area contributed by atoms with E-state index in [-0.39, 0.29) is 5.91 Å². The van der Waals surface area contributed by atoms with Crippen LogP contribution in [0.2, 0.25) is 0 Å². The third kappa shape index (κ3) is 4.12. The van der Waals surface area contributed by atoms with Crippen molar-refractivity contribution < 1.29 is 9.53 Å². The lowest BCUT2D eigenvalue weighted by Gasteiger charge is -2.05. The number of methoxy groups -OCH3 is 1. The third-order valence-electron chi connectivity index (χ3n) is 4.23. The summed E-state index contributed by atoms with van der Waals surface area (Å²) < 4.78 is 7.07. The van der Waals surface area contributed by atoms with Gasteiger partial charge in [0.25, 0.3) is 0 Å². The highest BCUT2D eigenvalue weighted by Crippen LogP contribution is 2.39. The molecule has 1 aromatic heterocycles. The summed E-state index contributed by atoms with van der Waals surface area (Å²) in [4.78, 5) is 12.0. The molecule has 0 saturated heterocycles. The van der Waals surface area contributed by atoms with E-state index in [0.717, 1.165) is 23.4 Å². The van der Waals surface area contributed by atoms with Crippen LogP contribution in [0, 0.1) is 0 Å². The Hall–Kier alpha value is -2.30. The Kier molecular flexibility index (Phi) is 4.65. The van der Waals surface area contributed by atoms with Gasteiger partial charge in [0.2, 0.25) is 5.91 Å². The fraction of sp³-hybridized carbons (Fsp3) is 0.444. The number of rotatable bonds is 7. The molecule has 3 rings (SSSR count). The maximum absolute atomic E-state index is 12.0. The number of amides is 1. The molecule has 1 N–H and O–H groups in total. The van der Waals surface area contributed by atoms with E-state index < -0.39 is 0 Å². The molecule has 0 radical (unpaired) electrons. The van der Waals surface area contributed by atoms with Gasteiger partial charge in [0.15, 0.2) is 0 Å². The molecule has 5 nitrogen and oxygen atoms in total. The summed E-state index contributed by atoms with van der Waals surface area (Å²) in [7, 11) is 3.62. The van der Waals surface area contributed by atoms with E-state index in [9.17, 15) is 4.79 Å². The quantitative estimate of drug-likeness (QED) is 0.854. The van der Waals surface area contributed by atoms with Crippen LogP contribution in [0.5, 0.6) is 5.75 Å². The number of hydrogen-bond donors (Lipinski definition) is 1. The summed E-state index contributed by atoms with van der Waals surface area (Å²) >= 11 is 0. The highest BCUT2D eigenvalue weighted by atomic mass is 16.5. The second-order valence-electron chi connectivity index (χ2n) is 6.08. The first kappa shape index (κ1) is 15.6. The first-order valence-electron chi connectivity index (χ1n) is 8.08. The summed E-state index contributed by atoms with van der Waals surface area (Å²) in [6, 6.07) is 9.93. The summed E-state index contributed by atoms with van der Waals surface area (Å²) in [6.45, 7) is 0.502. The Morgan fingerprint density at radius 2 is 2.09 bits per heavy atom. The maximum atomic E-state index is 12.0. The zero-order chi connectivity index (χ0) is 16.2. The van der Waals surface area contributed by atoms with Crippen LogP contribution in [0.4, 0.5) is 0 Å². The minimum Gasteiger partial charge on any atom is -0.497 e. The van der Waals surface area contributed by atoms with Gasteiger partial charge in [-0.1, -0.05) is 12.1 Å². The fourth-order valence-corrected chi connectivity index (χ4v) is 2.72. The highest BCUT2D eigenvalue weighted by molar-refractivity contribution is 5.76. The topological polar surface area (TPSA) is 56.1 Å². The Balaban J connectivity index is 1.44. The molecule has 0 spiro atoms. The van der Waals surface area contributed by atoms with Crippen molar-refractivity contribution in [2.75, 3.05) is 7.11 Å². The van der Waals surface area contributed by atoms with Gasteiger partial charge in [0, 0.05) is 25.1 Å². The lowest BCUT2D eigenvalue weighted by molar-refractivity contribution is -0.121. The van der Waals surface area contributed by atoms with E-state index in [1.54, 1.807) is 7.11 Å². The number of nitrogens with one attached hydrogen (secondary N) is 1. The minimum atomic E-state index is 0.0550. The number of nitrogens with zero attached hydrogens (tertiary/aromatic N) is 2. The van der Waals surface area contributed by atoms with Crippen LogP contribution in [0.3, 0.4) is 0 Å². The van der Waals surface area contributed by atoms with Crippen molar-refractivity contribution in [1.82, 2.24) is 15.1 Å². The number of aromatic nitrogens is 2. The normalized spacial score (nSPS) is 13.8. The van der Waals surface area contributed by atoms with Crippen molar-refractivity contribution in [3.05, 3.63) is 47.3 Å². The van der Waals surface area contributed by atoms with E-state index in [0.29, 0.717) is 18.9 Å². The molecule has 1 fully saturated rings. The van der Waals surface area contributed by atoms with Crippen LogP contribution in [0.25, 0.3) is 0 Å². The van der Waals surface area contributed by atoms with E-state index >= 15 is 0 Å². The standard InChI is InChI=1S/C18H23N3O2/c1-21-17(14-6-7-14)11-15(20-21)12-19-18(22)10-5-13-3-8-16(23-2)9-4-13/h3-4,8-9,11,14H,5-7,10,12H2,1-2H3,(H,19,22). The predicted molar refractivity (Wildman–Crippen MR) is 88.3 cm³/mol. The van der Waals surface area contributed by atoms with Gasteiger partial charge >= 0.3 is 0 Å². The van der Waals surface area contributed by atoms with Crippen molar-refractivity contribution in [3.63, 3.8) is 0 Å². The molecule has 0 atom stereocenters. The molecule has 0 bridgehead atoms. The summed E-state index contributed by atoms with van der Waals surface area (Å²) in [5.41, 5.74) is 3.36. The summed E-state index contributed by atoms with van der Waals surface area (Å²) in [5.74, 6) is 1.56. The number of benzene rings is 1. The molecule has 122 valence electrons. The molecule has 0 unspecified atom stereocenters. The molecular formula is C18H23N3O2. The second kappa shape index (κ2) is 6.86. The van der Waals surface area contributed by atoms with Gasteiger partial charge in [-0.05, 0) is 43.0 Å². The molecule has 1 aromatic carbocycles. The molecule has 1 aliphatic rings. The van der Waals surface area contributed by atoms with E-state index in [2.05, 4.69) is 16.5 Å². The van der Waals surface area contributed by atoms with Crippen LogP contribution < -0.4 is 10.1 Å². The van der Waals surface area contributed by atoms with Crippen LogP contribution in [-0.2, 0) is 24.8 Å². The SMILES string of the molecule is COc1ccc(CCC(=O)NCc2cc(C3CC3)n(C)n2)cc1. The zero-order valence-corrected chi connectivity index (χ0v) is 13.7. The third-order valence-corrected chi connectivity index (χ3v) is 4.23. The van der Waals surface area contributed by atoms with Crippen molar-refractivity contribution in [3.8, 4) is 5.75 Å². The van der Waals surface area contributed by atoms with Gasteiger partial charge < -0.3 is 10.1 Å². The largest absolute Gasteiger partial charge is 0.497 e. The smallest absolute Gasteiger partial charge is 0.220 e. The Bertz CT molecular complexity index is 672. The molecule has 1 heterocycles. The molecular weight excluding hydrogens is 290 g/mol. The monoisotopic (exact) mass is 313 g/mol. The van der Waals surface area contributed by atoms with Crippen LogP contribution in [0.1, 0.15) is 42.1 Å². The molecule has 2 aromatic rings.